The molecule has 1 aromatic rings. The van der Waals surface area contributed by atoms with Crippen molar-refractivity contribution in [3.05, 3.63) is 35.9 Å². The SMILES string of the molecule is CNC(=O)C(NC(=O)CN1CCN(C)C(C(C)(C)C)C1)c1ccccc1. The smallest absolute Gasteiger partial charge is 0.246 e. The Morgan fingerprint density at radius 3 is 2.42 bits per heavy atom. The molecule has 1 aliphatic heterocycles. The van der Waals surface area contributed by atoms with Gasteiger partial charge in [0.15, 0.2) is 0 Å². The zero-order chi connectivity index (χ0) is 19.3. The molecule has 1 aliphatic rings. The summed E-state index contributed by atoms with van der Waals surface area (Å²) in [5.41, 5.74) is 0.935. The number of benzene rings is 1. The Morgan fingerprint density at radius 2 is 1.85 bits per heavy atom. The highest BCUT2D eigenvalue weighted by Gasteiger charge is 2.34. The van der Waals surface area contributed by atoms with E-state index < -0.39 is 6.04 Å². The summed E-state index contributed by atoms with van der Waals surface area (Å²) in [5, 5.41) is 5.52. The summed E-state index contributed by atoms with van der Waals surface area (Å²) >= 11 is 0. The lowest BCUT2D eigenvalue weighted by atomic mass is 9.84. The van der Waals surface area contributed by atoms with Gasteiger partial charge in [-0.3, -0.25) is 14.5 Å². The zero-order valence-corrected chi connectivity index (χ0v) is 16.6. The maximum absolute atomic E-state index is 12.6. The van der Waals surface area contributed by atoms with Crippen LogP contribution in [0.1, 0.15) is 32.4 Å². The van der Waals surface area contributed by atoms with Crippen LogP contribution in [0.15, 0.2) is 30.3 Å². The first-order valence-corrected chi connectivity index (χ1v) is 9.21. The molecule has 1 saturated heterocycles. The van der Waals surface area contributed by atoms with E-state index in [1.165, 1.54) is 0 Å². The molecule has 2 amide bonds. The maximum atomic E-state index is 12.6. The van der Waals surface area contributed by atoms with Gasteiger partial charge in [-0.25, -0.2) is 0 Å². The van der Waals surface area contributed by atoms with E-state index in [0.717, 1.165) is 25.2 Å². The third-order valence-corrected chi connectivity index (χ3v) is 5.05. The number of hydrogen-bond donors (Lipinski definition) is 2. The topological polar surface area (TPSA) is 64.7 Å². The molecule has 26 heavy (non-hydrogen) atoms. The third-order valence-electron chi connectivity index (χ3n) is 5.05. The van der Waals surface area contributed by atoms with Crippen molar-refractivity contribution in [3.8, 4) is 0 Å². The van der Waals surface area contributed by atoms with E-state index in [4.69, 9.17) is 0 Å². The van der Waals surface area contributed by atoms with Crippen LogP contribution < -0.4 is 10.6 Å². The predicted octanol–water partition coefficient (Wildman–Crippen LogP) is 1.25. The highest BCUT2D eigenvalue weighted by molar-refractivity contribution is 5.89. The first-order valence-electron chi connectivity index (χ1n) is 9.21. The van der Waals surface area contributed by atoms with E-state index >= 15 is 0 Å². The molecule has 6 heteroatoms. The van der Waals surface area contributed by atoms with Crippen LogP contribution in [-0.2, 0) is 9.59 Å². The van der Waals surface area contributed by atoms with Gasteiger partial charge in [0.2, 0.25) is 11.8 Å². The van der Waals surface area contributed by atoms with E-state index in [2.05, 4.69) is 48.3 Å². The first-order chi connectivity index (χ1) is 12.2. The molecule has 1 fully saturated rings. The maximum Gasteiger partial charge on any atom is 0.246 e. The fourth-order valence-electron chi connectivity index (χ4n) is 3.51. The molecule has 2 unspecified atom stereocenters. The Labute approximate surface area is 156 Å². The summed E-state index contributed by atoms with van der Waals surface area (Å²) in [6.45, 7) is 9.64. The zero-order valence-electron chi connectivity index (χ0n) is 16.6. The Balaban J connectivity index is 2.01. The van der Waals surface area contributed by atoms with Crippen LogP contribution >= 0.6 is 0 Å². The summed E-state index contributed by atoms with van der Waals surface area (Å²) < 4.78 is 0. The summed E-state index contributed by atoms with van der Waals surface area (Å²) in [6.07, 6.45) is 0. The summed E-state index contributed by atoms with van der Waals surface area (Å²) in [6, 6.07) is 9.06. The second-order valence-corrected chi connectivity index (χ2v) is 8.12. The van der Waals surface area contributed by atoms with Crippen molar-refractivity contribution in [3.63, 3.8) is 0 Å². The van der Waals surface area contributed by atoms with Gasteiger partial charge >= 0.3 is 0 Å². The largest absolute Gasteiger partial charge is 0.357 e. The molecule has 1 aromatic carbocycles. The average molecular weight is 361 g/mol. The Hall–Kier alpha value is -1.92. The summed E-state index contributed by atoms with van der Waals surface area (Å²) in [5.74, 6) is -0.338. The van der Waals surface area contributed by atoms with Crippen LogP contribution in [-0.4, -0.2) is 67.9 Å². The van der Waals surface area contributed by atoms with Gasteiger partial charge in [-0.15, -0.1) is 0 Å². The van der Waals surface area contributed by atoms with Crippen molar-refractivity contribution in [2.24, 2.45) is 5.41 Å². The molecule has 0 aromatic heterocycles. The number of likely N-dealkylation sites (N-methyl/N-ethyl adjacent to an activating group) is 2. The molecule has 2 atom stereocenters. The van der Waals surface area contributed by atoms with E-state index in [1.54, 1.807) is 7.05 Å². The van der Waals surface area contributed by atoms with Crippen molar-refractivity contribution < 1.29 is 9.59 Å². The molecule has 0 saturated carbocycles. The van der Waals surface area contributed by atoms with Crippen molar-refractivity contribution in [2.75, 3.05) is 40.3 Å². The minimum atomic E-state index is -0.667. The van der Waals surface area contributed by atoms with Gasteiger partial charge in [0, 0.05) is 32.7 Å². The number of rotatable bonds is 5. The number of carbonyl (C=O) groups is 2. The number of amides is 2. The number of hydrogen-bond acceptors (Lipinski definition) is 4. The molecular weight excluding hydrogens is 328 g/mol. The molecule has 0 radical (unpaired) electrons. The van der Waals surface area contributed by atoms with Crippen LogP contribution in [0.25, 0.3) is 0 Å². The van der Waals surface area contributed by atoms with Crippen molar-refractivity contribution in [1.29, 1.82) is 0 Å². The Kier molecular flexibility index (Phi) is 6.78. The minimum Gasteiger partial charge on any atom is -0.357 e. The molecule has 144 valence electrons. The first kappa shape index (κ1) is 20.4. The van der Waals surface area contributed by atoms with Crippen molar-refractivity contribution in [2.45, 2.75) is 32.9 Å². The molecule has 0 bridgehead atoms. The predicted molar refractivity (Wildman–Crippen MR) is 104 cm³/mol. The van der Waals surface area contributed by atoms with E-state index in [9.17, 15) is 9.59 Å². The normalized spacial score (nSPS) is 20.4. The van der Waals surface area contributed by atoms with Crippen LogP contribution in [0.4, 0.5) is 0 Å². The molecule has 0 spiro atoms. The third kappa shape index (κ3) is 5.29. The van der Waals surface area contributed by atoms with Gasteiger partial charge in [0.25, 0.3) is 0 Å². The van der Waals surface area contributed by atoms with E-state index in [1.807, 2.05) is 30.3 Å². The van der Waals surface area contributed by atoms with Gasteiger partial charge in [0.1, 0.15) is 6.04 Å². The van der Waals surface area contributed by atoms with Gasteiger partial charge in [-0.1, -0.05) is 51.1 Å². The molecule has 1 heterocycles. The van der Waals surface area contributed by atoms with Gasteiger partial charge < -0.3 is 15.5 Å². The Bertz CT molecular complexity index is 612. The molecule has 2 rings (SSSR count). The van der Waals surface area contributed by atoms with Crippen LogP contribution in [0.3, 0.4) is 0 Å². The van der Waals surface area contributed by atoms with E-state index in [0.29, 0.717) is 12.6 Å². The van der Waals surface area contributed by atoms with E-state index in [-0.39, 0.29) is 17.2 Å². The summed E-state index contributed by atoms with van der Waals surface area (Å²) in [7, 11) is 3.73. The molecule has 2 N–H and O–H groups in total. The lowest BCUT2D eigenvalue weighted by Crippen LogP contribution is -2.58. The fraction of sp³-hybridized carbons (Fsp3) is 0.600. The second-order valence-electron chi connectivity index (χ2n) is 8.12. The molecule has 0 aliphatic carbocycles. The number of nitrogens with zero attached hydrogens (tertiary/aromatic N) is 2. The van der Waals surface area contributed by atoms with Gasteiger partial charge in [0.05, 0.1) is 6.54 Å². The fourth-order valence-corrected chi connectivity index (χ4v) is 3.51. The standard InChI is InChI=1S/C20H32N4O2/c1-20(2,3)16-13-24(12-11-23(16)5)14-17(25)22-18(19(26)21-4)15-9-7-6-8-10-15/h6-10,16,18H,11-14H2,1-5H3,(H,21,26)(H,22,25). The van der Waals surface area contributed by atoms with Crippen molar-refractivity contribution >= 4 is 11.8 Å². The lowest BCUT2D eigenvalue weighted by molar-refractivity contribution is -0.130. The Morgan fingerprint density at radius 1 is 1.19 bits per heavy atom. The number of nitrogens with one attached hydrogen (secondary N) is 2. The summed E-state index contributed by atoms with van der Waals surface area (Å²) in [4.78, 5) is 29.4. The highest BCUT2D eigenvalue weighted by atomic mass is 16.2. The second kappa shape index (κ2) is 8.64. The minimum absolute atomic E-state index is 0.125. The van der Waals surface area contributed by atoms with Gasteiger partial charge in [-0.05, 0) is 18.0 Å². The lowest BCUT2D eigenvalue weighted by Gasteiger charge is -2.45. The van der Waals surface area contributed by atoms with Crippen LogP contribution in [0.5, 0.6) is 0 Å². The van der Waals surface area contributed by atoms with Crippen LogP contribution in [0.2, 0.25) is 0 Å². The number of carbonyl (C=O) groups excluding carboxylic acids is 2. The quantitative estimate of drug-likeness (QED) is 0.830. The monoisotopic (exact) mass is 360 g/mol. The number of piperazine rings is 1. The van der Waals surface area contributed by atoms with Crippen molar-refractivity contribution in [1.82, 2.24) is 20.4 Å². The molecule has 6 nitrogen and oxygen atoms in total. The molecular formula is C20H32N4O2. The average Bonchev–Trinajstić information content (AvgIpc) is 2.60. The van der Waals surface area contributed by atoms with Crippen LogP contribution in [0, 0.1) is 5.41 Å². The van der Waals surface area contributed by atoms with Gasteiger partial charge in [-0.2, -0.15) is 0 Å². The highest BCUT2D eigenvalue weighted by Crippen LogP contribution is 2.26.